The molecule has 17 heavy (non-hydrogen) atoms. The normalized spacial score (nSPS) is 11.0. The minimum atomic E-state index is -0.592. The second-order valence-corrected chi connectivity index (χ2v) is 4.62. The summed E-state index contributed by atoms with van der Waals surface area (Å²) in [4.78, 5) is 22.8. The number of benzene rings is 1. The molecule has 1 aromatic rings. The molecule has 5 heteroatoms. The summed E-state index contributed by atoms with van der Waals surface area (Å²) in [7, 11) is 0. The van der Waals surface area contributed by atoms with Crippen molar-refractivity contribution in [3.8, 4) is 0 Å². The van der Waals surface area contributed by atoms with E-state index in [1.807, 2.05) is 0 Å². The lowest BCUT2D eigenvalue weighted by Crippen LogP contribution is -2.36. The first-order chi connectivity index (χ1) is 7.79. The molecule has 0 aromatic heterocycles. The van der Waals surface area contributed by atoms with Crippen LogP contribution in [0, 0.1) is 0 Å². The summed E-state index contributed by atoms with van der Waals surface area (Å²) < 4.78 is 0. The van der Waals surface area contributed by atoms with Crippen LogP contribution in [0.25, 0.3) is 0 Å². The van der Waals surface area contributed by atoms with Gasteiger partial charge in [-0.15, -0.1) is 0 Å². The van der Waals surface area contributed by atoms with Gasteiger partial charge in [0.15, 0.2) is 0 Å². The maximum absolute atomic E-state index is 11.7. The molecule has 0 saturated carbocycles. The van der Waals surface area contributed by atoms with E-state index in [2.05, 4.69) is 5.32 Å². The molecule has 0 fully saturated rings. The van der Waals surface area contributed by atoms with Crippen LogP contribution in [0.3, 0.4) is 0 Å². The third-order valence-corrected chi connectivity index (χ3v) is 2.08. The first kappa shape index (κ1) is 13.2. The van der Waals surface area contributed by atoms with Crippen LogP contribution in [-0.2, 0) is 4.79 Å². The zero-order valence-electron chi connectivity index (χ0n) is 9.99. The van der Waals surface area contributed by atoms with Gasteiger partial charge in [-0.05, 0) is 26.0 Å². The predicted molar refractivity (Wildman–Crippen MR) is 66.5 cm³/mol. The maximum atomic E-state index is 11.7. The summed E-state index contributed by atoms with van der Waals surface area (Å²) in [5.41, 5.74) is 11.0. The SMILES string of the molecule is CC(C)(N)CC(=O)Nc1ccccc1C(N)=O. The minimum absolute atomic E-state index is 0.167. The van der Waals surface area contributed by atoms with E-state index in [9.17, 15) is 9.59 Å². The minimum Gasteiger partial charge on any atom is -0.366 e. The summed E-state index contributed by atoms with van der Waals surface area (Å²) in [5.74, 6) is -0.820. The molecule has 5 N–H and O–H groups in total. The van der Waals surface area contributed by atoms with Crippen LogP contribution in [0.2, 0.25) is 0 Å². The number of rotatable bonds is 4. The number of primary amides is 1. The molecule has 0 saturated heterocycles. The molecule has 0 atom stereocenters. The highest BCUT2D eigenvalue weighted by Crippen LogP contribution is 2.15. The van der Waals surface area contributed by atoms with Crippen LogP contribution >= 0.6 is 0 Å². The molecule has 0 aliphatic carbocycles. The number of para-hydroxylation sites is 1. The van der Waals surface area contributed by atoms with Crippen molar-refractivity contribution in [1.29, 1.82) is 0 Å². The Labute approximate surface area is 100 Å². The number of carbonyl (C=O) groups is 2. The van der Waals surface area contributed by atoms with E-state index < -0.39 is 11.4 Å². The molecule has 1 aromatic carbocycles. The Bertz CT molecular complexity index is 436. The third-order valence-electron chi connectivity index (χ3n) is 2.08. The lowest BCUT2D eigenvalue weighted by atomic mass is 10.0. The van der Waals surface area contributed by atoms with E-state index in [4.69, 9.17) is 11.5 Å². The second kappa shape index (κ2) is 4.97. The van der Waals surface area contributed by atoms with Gasteiger partial charge in [-0.2, -0.15) is 0 Å². The predicted octanol–water partition coefficient (Wildman–Crippen LogP) is 0.851. The van der Waals surface area contributed by atoms with Gasteiger partial charge in [0.1, 0.15) is 0 Å². The Morgan fingerprint density at radius 2 is 1.88 bits per heavy atom. The molecule has 0 unspecified atom stereocenters. The van der Waals surface area contributed by atoms with Crippen molar-refractivity contribution in [2.24, 2.45) is 11.5 Å². The standard InChI is InChI=1S/C12H17N3O2/c1-12(2,14)7-10(16)15-9-6-4-3-5-8(9)11(13)17/h3-6H,7,14H2,1-2H3,(H2,13,17)(H,15,16). The Kier molecular flexibility index (Phi) is 3.85. The first-order valence-electron chi connectivity index (χ1n) is 5.27. The van der Waals surface area contributed by atoms with Gasteiger partial charge in [-0.3, -0.25) is 9.59 Å². The summed E-state index contributed by atoms with van der Waals surface area (Å²) in [6.07, 6.45) is 0.167. The highest BCUT2D eigenvalue weighted by Gasteiger charge is 2.17. The number of amides is 2. The Hall–Kier alpha value is -1.88. The van der Waals surface area contributed by atoms with Crippen molar-refractivity contribution in [2.75, 3.05) is 5.32 Å². The molecular weight excluding hydrogens is 218 g/mol. The van der Waals surface area contributed by atoms with Gasteiger partial charge >= 0.3 is 0 Å². The van der Waals surface area contributed by atoms with Crippen LogP contribution in [0.4, 0.5) is 5.69 Å². The molecule has 0 spiro atoms. The Balaban J connectivity index is 2.82. The van der Waals surface area contributed by atoms with Crippen molar-refractivity contribution in [3.63, 3.8) is 0 Å². The van der Waals surface area contributed by atoms with Gasteiger partial charge in [-0.1, -0.05) is 12.1 Å². The maximum Gasteiger partial charge on any atom is 0.250 e. The largest absolute Gasteiger partial charge is 0.366 e. The molecule has 0 heterocycles. The van der Waals surface area contributed by atoms with E-state index in [-0.39, 0.29) is 17.9 Å². The molecule has 1 rings (SSSR count). The van der Waals surface area contributed by atoms with Crippen LogP contribution in [0.1, 0.15) is 30.6 Å². The smallest absolute Gasteiger partial charge is 0.250 e. The van der Waals surface area contributed by atoms with Gasteiger partial charge < -0.3 is 16.8 Å². The lowest BCUT2D eigenvalue weighted by molar-refractivity contribution is -0.117. The average molecular weight is 235 g/mol. The zero-order valence-corrected chi connectivity index (χ0v) is 9.99. The molecule has 0 radical (unpaired) electrons. The van der Waals surface area contributed by atoms with Gasteiger partial charge in [0.05, 0.1) is 11.3 Å². The quantitative estimate of drug-likeness (QED) is 0.721. The van der Waals surface area contributed by atoms with E-state index in [0.717, 1.165) is 0 Å². The Morgan fingerprint density at radius 3 is 2.41 bits per heavy atom. The fourth-order valence-corrected chi connectivity index (χ4v) is 1.42. The third kappa shape index (κ3) is 4.24. The van der Waals surface area contributed by atoms with Crippen LogP contribution in [-0.4, -0.2) is 17.4 Å². The topological polar surface area (TPSA) is 98.2 Å². The summed E-state index contributed by atoms with van der Waals surface area (Å²) in [5, 5.41) is 2.63. The lowest BCUT2D eigenvalue weighted by Gasteiger charge is -2.18. The van der Waals surface area contributed by atoms with Crippen molar-refractivity contribution in [3.05, 3.63) is 29.8 Å². The van der Waals surface area contributed by atoms with E-state index >= 15 is 0 Å². The van der Waals surface area contributed by atoms with Gasteiger partial charge in [0.25, 0.3) is 5.91 Å². The Morgan fingerprint density at radius 1 is 1.29 bits per heavy atom. The number of anilines is 1. The molecule has 2 amide bonds. The zero-order chi connectivity index (χ0) is 13.1. The van der Waals surface area contributed by atoms with E-state index in [1.54, 1.807) is 38.1 Å². The fourth-order valence-electron chi connectivity index (χ4n) is 1.42. The molecular formula is C12H17N3O2. The summed E-state index contributed by atoms with van der Waals surface area (Å²) in [6.45, 7) is 3.51. The number of carbonyl (C=O) groups excluding carboxylic acids is 2. The fraction of sp³-hybridized carbons (Fsp3) is 0.333. The highest BCUT2D eigenvalue weighted by atomic mass is 16.2. The van der Waals surface area contributed by atoms with Gasteiger partial charge in [0.2, 0.25) is 5.91 Å². The molecule has 0 aliphatic rings. The molecule has 92 valence electrons. The number of hydrogen-bond acceptors (Lipinski definition) is 3. The van der Waals surface area contributed by atoms with E-state index in [1.165, 1.54) is 0 Å². The first-order valence-corrected chi connectivity index (χ1v) is 5.27. The highest BCUT2D eigenvalue weighted by molar-refractivity contribution is 6.03. The van der Waals surface area contributed by atoms with Crippen LogP contribution in [0.5, 0.6) is 0 Å². The number of nitrogens with two attached hydrogens (primary N) is 2. The summed E-state index contributed by atoms with van der Waals surface area (Å²) in [6, 6.07) is 6.59. The van der Waals surface area contributed by atoms with Gasteiger partial charge in [0, 0.05) is 12.0 Å². The summed E-state index contributed by atoms with van der Waals surface area (Å²) >= 11 is 0. The van der Waals surface area contributed by atoms with Crippen molar-refractivity contribution >= 4 is 17.5 Å². The monoisotopic (exact) mass is 235 g/mol. The van der Waals surface area contributed by atoms with Crippen molar-refractivity contribution < 1.29 is 9.59 Å². The van der Waals surface area contributed by atoms with E-state index in [0.29, 0.717) is 5.69 Å². The van der Waals surface area contributed by atoms with Crippen LogP contribution < -0.4 is 16.8 Å². The molecule has 0 aliphatic heterocycles. The molecule has 5 nitrogen and oxygen atoms in total. The van der Waals surface area contributed by atoms with Gasteiger partial charge in [-0.25, -0.2) is 0 Å². The molecule has 0 bridgehead atoms. The van der Waals surface area contributed by atoms with Crippen molar-refractivity contribution in [2.45, 2.75) is 25.8 Å². The van der Waals surface area contributed by atoms with Crippen molar-refractivity contribution in [1.82, 2.24) is 0 Å². The second-order valence-electron chi connectivity index (χ2n) is 4.62. The van der Waals surface area contributed by atoms with Crippen LogP contribution in [0.15, 0.2) is 24.3 Å². The number of nitrogens with one attached hydrogen (secondary N) is 1. The average Bonchev–Trinajstić information content (AvgIpc) is 2.14. The number of hydrogen-bond donors (Lipinski definition) is 3.